The molecule has 86 valence electrons. The molecule has 2 N–H and O–H groups in total. The first-order valence-electron chi connectivity index (χ1n) is 6.04. The molecule has 0 radical (unpaired) electrons. The van der Waals surface area contributed by atoms with E-state index in [1.165, 1.54) is 37.0 Å². The minimum atomic E-state index is 0.385. The molecule has 1 aliphatic heterocycles. The highest BCUT2D eigenvalue weighted by Gasteiger charge is 2.37. The van der Waals surface area contributed by atoms with Crippen molar-refractivity contribution in [2.24, 2.45) is 0 Å². The van der Waals surface area contributed by atoms with Gasteiger partial charge in [0.15, 0.2) is 0 Å². The van der Waals surface area contributed by atoms with Crippen LogP contribution in [0.15, 0.2) is 23.1 Å². The molecule has 1 aromatic rings. The van der Waals surface area contributed by atoms with Gasteiger partial charge in [0.05, 0.1) is 5.69 Å². The third kappa shape index (κ3) is 1.67. The molecule has 1 heterocycles. The Morgan fingerprint density at radius 3 is 2.81 bits per heavy atom. The first-order chi connectivity index (χ1) is 7.79. The zero-order valence-corrected chi connectivity index (χ0v) is 10.1. The predicted molar refractivity (Wildman–Crippen MR) is 68.3 cm³/mol. The van der Waals surface area contributed by atoms with Gasteiger partial charge >= 0.3 is 0 Å². The second-order valence-electron chi connectivity index (χ2n) is 4.85. The van der Waals surface area contributed by atoms with Crippen LogP contribution < -0.4 is 5.32 Å². The van der Waals surface area contributed by atoms with E-state index in [0.29, 0.717) is 10.5 Å². The van der Waals surface area contributed by atoms with Crippen molar-refractivity contribution >= 4 is 17.4 Å². The Hall–Kier alpha value is -0.830. The van der Waals surface area contributed by atoms with E-state index in [2.05, 4.69) is 11.4 Å². The summed E-state index contributed by atoms with van der Waals surface area (Å²) in [5.41, 5.74) is 0.934. The van der Waals surface area contributed by atoms with Crippen molar-refractivity contribution in [3.8, 4) is 5.75 Å². The number of anilines is 1. The van der Waals surface area contributed by atoms with E-state index in [0.717, 1.165) is 12.2 Å². The SMILES string of the molecule is Oc1cccc2c1NCC1(CCCCC1)S2. The third-order valence-corrected chi connectivity index (χ3v) is 5.23. The van der Waals surface area contributed by atoms with Crippen LogP contribution in [0.25, 0.3) is 0 Å². The summed E-state index contributed by atoms with van der Waals surface area (Å²) in [5, 5.41) is 13.2. The van der Waals surface area contributed by atoms with Crippen LogP contribution in [0.3, 0.4) is 0 Å². The van der Waals surface area contributed by atoms with Gasteiger partial charge in [-0.3, -0.25) is 0 Å². The molecule has 3 heteroatoms. The Balaban J connectivity index is 1.91. The van der Waals surface area contributed by atoms with Crippen LogP contribution in [-0.4, -0.2) is 16.4 Å². The van der Waals surface area contributed by atoms with Crippen molar-refractivity contribution in [1.29, 1.82) is 0 Å². The number of nitrogens with one attached hydrogen (secondary N) is 1. The summed E-state index contributed by atoms with van der Waals surface area (Å²) in [6.45, 7) is 1.00. The molecular formula is C13H17NOS. The van der Waals surface area contributed by atoms with Gasteiger partial charge in [-0.15, -0.1) is 11.8 Å². The summed E-state index contributed by atoms with van der Waals surface area (Å²) in [5.74, 6) is 0.385. The Labute approximate surface area is 100 Å². The number of hydrogen-bond acceptors (Lipinski definition) is 3. The molecule has 1 saturated carbocycles. The third-order valence-electron chi connectivity index (χ3n) is 3.68. The Bertz CT molecular complexity index is 399. The van der Waals surface area contributed by atoms with E-state index in [-0.39, 0.29) is 0 Å². The van der Waals surface area contributed by atoms with Crippen LogP contribution in [0, 0.1) is 0 Å². The number of aromatic hydroxyl groups is 1. The summed E-state index contributed by atoms with van der Waals surface area (Å²) >= 11 is 1.97. The fraction of sp³-hybridized carbons (Fsp3) is 0.538. The number of phenolic OH excluding ortho intramolecular Hbond substituents is 1. The molecule has 1 aromatic carbocycles. The molecule has 16 heavy (non-hydrogen) atoms. The minimum Gasteiger partial charge on any atom is -0.506 e. The van der Waals surface area contributed by atoms with Crippen LogP contribution in [0.1, 0.15) is 32.1 Å². The predicted octanol–water partition coefficient (Wildman–Crippen LogP) is 3.61. The highest BCUT2D eigenvalue weighted by Crippen LogP contribution is 2.50. The van der Waals surface area contributed by atoms with Crippen LogP contribution in [0.4, 0.5) is 5.69 Å². The van der Waals surface area contributed by atoms with Crippen molar-refractivity contribution in [3.05, 3.63) is 18.2 Å². The second-order valence-corrected chi connectivity index (χ2v) is 6.36. The molecule has 1 fully saturated rings. The highest BCUT2D eigenvalue weighted by atomic mass is 32.2. The second kappa shape index (κ2) is 3.88. The quantitative estimate of drug-likeness (QED) is 0.674. The average molecular weight is 235 g/mol. The minimum absolute atomic E-state index is 0.385. The van der Waals surface area contributed by atoms with Gasteiger partial charge in [0.1, 0.15) is 5.75 Å². The number of phenols is 1. The maximum Gasteiger partial charge on any atom is 0.139 e. The average Bonchev–Trinajstić information content (AvgIpc) is 2.30. The summed E-state index contributed by atoms with van der Waals surface area (Å²) in [6.07, 6.45) is 6.69. The first-order valence-corrected chi connectivity index (χ1v) is 6.86. The van der Waals surface area contributed by atoms with Crippen molar-refractivity contribution in [2.45, 2.75) is 41.7 Å². The van der Waals surface area contributed by atoms with E-state index in [9.17, 15) is 5.11 Å². The Kier molecular flexibility index (Phi) is 2.51. The van der Waals surface area contributed by atoms with Gasteiger partial charge in [-0.05, 0) is 25.0 Å². The number of hydrogen-bond donors (Lipinski definition) is 2. The topological polar surface area (TPSA) is 32.3 Å². The summed E-state index contributed by atoms with van der Waals surface area (Å²) in [7, 11) is 0. The molecule has 0 saturated heterocycles. The molecule has 3 rings (SSSR count). The molecule has 0 atom stereocenters. The molecule has 1 spiro atoms. The molecule has 0 amide bonds. The van der Waals surface area contributed by atoms with Crippen molar-refractivity contribution in [2.75, 3.05) is 11.9 Å². The molecule has 2 aliphatic rings. The monoisotopic (exact) mass is 235 g/mol. The smallest absolute Gasteiger partial charge is 0.139 e. The zero-order chi connectivity index (χ0) is 11.0. The lowest BCUT2D eigenvalue weighted by molar-refractivity contribution is 0.406. The van der Waals surface area contributed by atoms with Crippen molar-refractivity contribution in [3.63, 3.8) is 0 Å². The van der Waals surface area contributed by atoms with Gasteiger partial charge in [-0.1, -0.05) is 25.3 Å². The number of para-hydroxylation sites is 1. The zero-order valence-electron chi connectivity index (χ0n) is 9.33. The first kappa shape index (κ1) is 10.3. The molecular weight excluding hydrogens is 218 g/mol. The molecule has 0 bridgehead atoms. The van der Waals surface area contributed by atoms with Crippen LogP contribution in [0.5, 0.6) is 5.75 Å². The van der Waals surface area contributed by atoms with Crippen LogP contribution >= 0.6 is 11.8 Å². The summed E-state index contributed by atoms with van der Waals surface area (Å²) < 4.78 is 0.388. The maximum absolute atomic E-state index is 9.77. The lowest BCUT2D eigenvalue weighted by atomic mass is 9.88. The van der Waals surface area contributed by atoms with E-state index in [1.807, 2.05) is 17.8 Å². The normalized spacial score (nSPS) is 22.5. The van der Waals surface area contributed by atoms with E-state index in [4.69, 9.17) is 0 Å². The van der Waals surface area contributed by atoms with Crippen molar-refractivity contribution < 1.29 is 5.11 Å². The number of benzene rings is 1. The van der Waals surface area contributed by atoms with Gasteiger partial charge in [0.25, 0.3) is 0 Å². The standard InChI is InChI=1S/C13H17NOS/c15-10-5-4-6-11-12(10)14-9-13(16-11)7-2-1-3-8-13/h4-6,14-15H,1-3,7-9H2. The van der Waals surface area contributed by atoms with Crippen molar-refractivity contribution in [1.82, 2.24) is 0 Å². The fourth-order valence-electron chi connectivity index (χ4n) is 2.78. The maximum atomic E-state index is 9.77. The van der Waals surface area contributed by atoms with Crippen LogP contribution in [0.2, 0.25) is 0 Å². The lowest BCUT2D eigenvalue weighted by Crippen LogP contribution is -2.38. The van der Waals surface area contributed by atoms with E-state index in [1.54, 1.807) is 6.07 Å². The number of fused-ring (bicyclic) bond motifs is 1. The molecule has 2 nitrogen and oxygen atoms in total. The van der Waals surface area contributed by atoms with Gasteiger partial charge in [0.2, 0.25) is 0 Å². The fourth-order valence-corrected chi connectivity index (χ4v) is 4.31. The highest BCUT2D eigenvalue weighted by molar-refractivity contribution is 8.01. The van der Waals surface area contributed by atoms with Crippen LogP contribution in [-0.2, 0) is 0 Å². The van der Waals surface area contributed by atoms with E-state index < -0.39 is 0 Å². The molecule has 1 aliphatic carbocycles. The number of thioether (sulfide) groups is 1. The van der Waals surface area contributed by atoms with Gasteiger partial charge in [0, 0.05) is 16.2 Å². The summed E-state index contributed by atoms with van der Waals surface area (Å²) in [6, 6.07) is 5.80. The van der Waals surface area contributed by atoms with Gasteiger partial charge < -0.3 is 10.4 Å². The van der Waals surface area contributed by atoms with Gasteiger partial charge in [-0.25, -0.2) is 0 Å². The van der Waals surface area contributed by atoms with Gasteiger partial charge in [-0.2, -0.15) is 0 Å². The number of rotatable bonds is 0. The van der Waals surface area contributed by atoms with E-state index >= 15 is 0 Å². The molecule has 0 aromatic heterocycles. The summed E-state index contributed by atoms with van der Waals surface area (Å²) in [4.78, 5) is 1.22. The largest absolute Gasteiger partial charge is 0.506 e. The Morgan fingerprint density at radius 1 is 1.19 bits per heavy atom. The molecule has 0 unspecified atom stereocenters. The lowest BCUT2D eigenvalue weighted by Gasteiger charge is -2.41. The Morgan fingerprint density at radius 2 is 2.00 bits per heavy atom.